The maximum absolute atomic E-state index is 3.95. The molecule has 0 heteroatoms. The molecule has 0 aromatic heterocycles. The minimum atomic E-state index is 0.730. The lowest BCUT2D eigenvalue weighted by molar-refractivity contribution is 0.385. The number of unbranched alkanes of at least 4 members (excludes halogenated alkanes) is 1. The van der Waals surface area contributed by atoms with E-state index in [1.165, 1.54) is 51.4 Å². The van der Waals surface area contributed by atoms with Crippen LogP contribution in [0.4, 0.5) is 0 Å². The summed E-state index contributed by atoms with van der Waals surface area (Å²) in [6.07, 6.45) is 13.8. The summed E-state index contributed by atoms with van der Waals surface area (Å²) >= 11 is 0. The first kappa shape index (κ1) is 10.3. The van der Waals surface area contributed by atoms with Crippen LogP contribution in [-0.4, -0.2) is 0 Å². The van der Waals surface area contributed by atoms with E-state index < -0.39 is 0 Å². The fraction of sp³-hybridized carbons (Fsp3) is 0.857. The molecule has 0 bridgehead atoms. The van der Waals surface area contributed by atoms with Crippen LogP contribution >= 0.6 is 0 Å². The van der Waals surface area contributed by atoms with E-state index in [2.05, 4.69) is 19.6 Å². The highest BCUT2D eigenvalue weighted by molar-refractivity contribution is 5.13. The van der Waals surface area contributed by atoms with Crippen molar-refractivity contribution < 1.29 is 0 Å². The second-order valence-electron chi connectivity index (χ2n) is 5.33. The van der Waals surface area contributed by atoms with Crippen molar-refractivity contribution in [1.29, 1.82) is 0 Å². The summed E-state index contributed by atoms with van der Waals surface area (Å²) in [6.45, 7) is 6.26. The molecule has 2 rings (SSSR count). The minimum Gasteiger partial charge on any atom is -0.103 e. The number of hydrogen-bond acceptors (Lipinski definition) is 0. The molecular weight excluding hydrogens is 168 g/mol. The maximum Gasteiger partial charge on any atom is -0.0201 e. The second-order valence-corrected chi connectivity index (χ2v) is 5.33. The molecule has 3 atom stereocenters. The van der Waals surface area contributed by atoms with E-state index in [1.54, 1.807) is 0 Å². The summed E-state index contributed by atoms with van der Waals surface area (Å²) in [5.74, 6) is 2.17. The molecule has 14 heavy (non-hydrogen) atoms. The molecule has 0 aliphatic heterocycles. The second kappa shape index (κ2) is 4.08. The van der Waals surface area contributed by atoms with E-state index in [-0.39, 0.29) is 0 Å². The fourth-order valence-electron chi connectivity index (χ4n) is 3.93. The first-order chi connectivity index (χ1) is 6.85. The Balaban J connectivity index is 1.97. The normalized spacial score (nSPS) is 40.4. The molecule has 1 unspecified atom stereocenters. The molecule has 2 aliphatic rings. The Labute approximate surface area is 88.8 Å². The van der Waals surface area contributed by atoms with Crippen LogP contribution in [0.5, 0.6) is 0 Å². The van der Waals surface area contributed by atoms with Crippen LogP contribution in [0.25, 0.3) is 0 Å². The largest absolute Gasteiger partial charge is 0.103 e. The summed E-state index contributed by atoms with van der Waals surface area (Å²) in [4.78, 5) is 0. The van der Waals surface area contributed by atoms with E-state index in [9.17, 15) is 0 Å². The maximum atomic E-state index is 3.95. The van der Waals surface area contributed by atoms with Gasteiger partial charge in [0.2, 0.25) is 0 Å². The van der Waals surface area contributed by atoms with Gasteiger partial charge in [-0.25, -0.2) is 0 Å². The molecule has 0 saturated heterocycles. The van der Waals surface area contributed by atoms with Crippen molar-refractivity contribution in [3.8, 4) is 0 Å². The Morgan fingerprint density at radius 1 is 1.29 bits per heavy atom. The monoisotopic (exact) mass is 192 g/mol. The van der Waals surface area contributed by atoms with E-state index in [0.717, 1.165) is 17.3 Å². The van der Waals surface area contributed by atoms with E-state index in [0.29, 0.717) is 0 Å². The molecule has 80 valence electrons. The van der Waals surface area contributed by atoms with Gasteiger partial charge in [0.05, 0.1) is 0 Å². The van der Waals surface area contributed by atoms with Crippen molar-refractivity contribution in [2.24, 2.45) is 17.3 Å². The van der Waals surface area contributed by atoms with Gasteiger partial charge in [-0.05, 0) is 42.9 Å². The van der Waals surface area contributed by atoms with Crippen molar-refractivity contribution in [3.05, 3.63) is 12.7 Å². The van der Waals surface area contributed by atoms with Gasteiger partial charge in [-0.15, -0.1) is 6.58 Å². The summed E-state index contributed by atoms with van der Waals surface area (Å²) in [5, 5.41) is 0. The summed E-state index contributed by atoms with van der Waals surface area (Å²) in [6, 6.07) is 0. The molecule has 2 aliphatic carbocycles. The highest BCUT2D eigenvalue weighted by atomic mass is 14.7. The van der Waals surface area contributed by atoms with Gasteiger partial charge in [-0.2, -0.15) is 0 Å². The third-order valence-electron chi connectivity index (χ3n) is 4.65. The van der Waals surface area contributed by atoms with Gasteiger partial charge in [0, 0.05) is 0 Å². The minimum absolute atomic E-state index is 0.730. The predicted octanol–water partition coefficient (Wildman–Crippen LogP) is 4.56. The molecule has 0 spiro atoms. The summed E-state index contributed by atoms with van der Waals surface area (Å²) in [5.41, 5.74) is 0.730. The van der Waals surface area contributed by atoms with Gasteiger partial charge in [0.1, 0.15) is 0 Å². The Hall–Kier alpha value is -0.260. The van der Waals surface area contributed by atoms with Crippen molar-refractivity contribution in [2.75, 3.05) is 0 Å². The van der Waals surface area contributed by atoms with Crippen LogP contribution < -0.4 is 0 Å². The smallest absolute Gasteiger partial charge is 0.0201 e. The standard InChI is InChI=1S/C14H24/c1-3-5-11-14(10-4-2)12-8-6-7-9-13(12)14/h4,12-13H,2-3,5-11H2,1H3/t12-,13+,14?. The predicted molar refractivity (Wildman–Crippen MR) is 62.2 cm³/mol. The zero-order chi connectivity index (χ0) is 10.0. The van der Waals surface area contributed by atoms with E-state index in [1.807, 2.05) is 0 Å². The average Bonchev–Trinajstić information content (AvgIpc) is 2.86. The Bertz CT molecular complexity index is 192. The molecule has 0 aromatic rings. The molecular formula is C14H24. The molecule has 0 N–H and O–H groups in total. The fourth-order valence-corrected chi connectivity index (χ4v) is 3.93. The zero-order valence-corrected chi connectivity index (χ0v) is 9.60. The van der Waals surface area contributed by atoms with Crippen molar-refractivity contribution >= 4 is 0 Å². The lowest BCUT2D eigenvalue weighted by Gasteiger charge is -2.15. The highest BCUT2D eigenvalue weighted by Crippen LogP contribution is 2.69. The van der Waals surface area contributed by atoms with Crippen molar-refractivity contribution in [2.45, 2.75) is 58.3 Å². The number of hydrogen-bond donors (Lipinski definition) is 0. The summed E-state index contributed by atoms with van der Waals surface area (Å²) < 4.78 is 0. The first-order valence-corrected chi connectivity index (χ1v) is 6.46. The third kappa shape index (κ3) is 1.53. The van der Waals surface area contributed by atoms with Crippen LogP contribution in [-0.2, 0) is 0 Å². The highest BCUT2D eigenvalue weighted by Gasteiger charge is 2.61. The number of allylic oxidation sites excluding steroid dienone is 1. The van der Waals surface area contributed by atoms with Crippen LogP contribution in [0.3, 0.4) is 0 Å². The lowest BCUT2D eigenvalue weighted by Crippen LogP contribution is -2.04. The molecule has 0 aromatic carbocycles. The molecule has 0 heterocycles. The van der Waals surface area contributed by atoms with Gasteiger partial charge in [-0.1, -0.05) is 38.7 Å². The SMILES string of the molecule is C=CCC1(CCCC)[C@@H]2CCCC[C@@H]21. The van der Waals surface area contributed by atoms with Crippen molar-refractivity contribution in [1.82, 2.24) is 0 Å². The zero-order valence-electron chi connectivity index (χ0n) is 9.60. The van der Waals surface area contributed by atoms with Crippen LogP contribution in [0, 0.1) is 17.3 Å². The molecule has 2 fully saturated rings. The topological polar surface area (TPSA) is 0 Å². The molecule has 2 saturated carbocycles. The quantitative estimate of drug-likeness (QED) is 0.560. The molecule has 0 radical (unpaired) electrons. The third-order valence-corrected chi connectivity index (χ3v) is 4.65. The van der Waals surface area contributed by atoms with Gasteiger partial charge in [0.25, 0.3) is 0 Å². The van der Waals surface area contributed by atoms with Crippen LogP contribution in [0.1, 0.15) is 58.3 Å². The first-order valence-electron chi connectivity index (χ1n) is 6.46. The van der Waals surface area contributed by atoms with Crippen molar-refractivity contribution in [3.63, 3.8) is 0 Å². The number of rotatable bonds is 5. The Morgan fingerprint density at radius 2 is 1.93 bits per heavy atom. The van der Waals surface area contributed by atoms with Gasteiger partial charge < -0.3 is 0 Å². The van der Waals surface area contributed by atoms with E-state index in [4.69, 9.17) is 0 Å². The molecule has 0 amide bonds. The average molecular weight is 192 g/mol. The van der Waals surface area contributed by atoms with Crippen LogP contribution in [0.15, 0.2) is 12.7 Å². The van der Waals surface area contributed by atoms with Gasteiger partial charge >= 0.3 is 0 Å². The summed E-state index contributed by atoms with van der Waals surface area (Å²) in [7, 11) is 0. The van der Waals surface area contributed by atoms with Gasteiger partial charge in [0.15, 0.2) is 0 Å². The Morgan fingerprint density at radius 3 is 2.43 bits per heavy atom. The van der Waals surface area contributed by atoms with E-state index >= 15 is 0 Å². The Kier molecular flexibility index (Phi) is 2.99. The molecule has 0 nitrogen and oxygen atoms in total. The van der Waals surface area contributed by atoms with Crippen LogP contribution in [0.2, 0.25) is 0 Å². The number of fused-ring (bicyclic) bond motifs is 1. The van der Waals surface area contributed by atoms with Gasteiger partial charge in [-0.3, -0.25) is 0 Å². The lowest BCUT2D eigenvalue weighted by atomic mass is 9.90.